The van der Waals surface area contributed by atoms with Gasteiger partial charge in [-0.3, -0.25) is 0 Å². The van der Waals surface area contributed by atoms with Crippen molar-refractivity contribution < 1.29 is 0 Å². The van der Waals surface area contributed by atoms with Crippen molar-refractivity contribution in [3.05, 3.63) is 47.3 Å². The van der Waals surface area contributed by atoms with Gasteiger partial charge in [-0.05, 0) is 24.0 Å². The van der Waals surface area contributed by atoms with Gasteiger partial charge in [0.15, 0.2) is 0 Å². The molecule has 2 aromatic rings. The van der Waals surface area contributed by atoms with Crippen molar-refractivity contribution in [3.8, 4) is 0 Å². The number of aromatic nitrogens is 2. The van der Waals surface area contributed by atoms with Crippen LogP contribution in [0.5, 0.6) is 0 Å². The van der Waals surface area contributed by atoms with E-state index in [4.69, 9.17) is 5.73 Å². The molecule has 0 bridgehead atoms. The zero-order valence-electron chi connectivity index (χ0n) is 11.9. The number of benzene rings is 1. The van der Waals surface area contributed by atoms with E-state index >= 15 is 0 Å². The van der Waals surface area contributed by atoms with Gasteiger partial charge in [0.05, 0.1) is 0 Å². The average Bonchev–Trinajstić information content (AvgIpc) is 2.79. The molecule has 3 rings (SSSR count). The summed E-state index contributed by atoms with van der Waals surface area (Å²) in [7, 11) is 0. The number of rotatable bonds is 3. The van der Waals surface area contributed by atoms with Crippen LogP contribution in [0, 0.1) is 0 Å². The molecule has 0 unspecified atom stereocenters. The van der Waals surface area contributed by atoms with E-state index in [2.05, 4.69) is 53.4 Å². The lowest BCUT2D eigenvalue weighted by Gasteiger charge is -2.14. The van der Waals surface area contributed by atoms with Crippen LogP contribution in [0.15, 0.2) is 30.3 Å². The Bertz CT molecular complexity index is 597. The molecule has 0 saturated carbocycles. The van der Waals surface area contributed by atoms with Crippen molar-refractivity contribution in [1.29, 1.82) is 0 Å². The number of anilines is 2. The highest BCUT2D eigenvalue weighted by atomic mass is 15.1. The second kappa shape index (κ2) is 5.12. The van der Waals surface area contributed by atoms with Gasteiger partial charge in [-0.15, -0.1) is 0 Å². The number of fused-ring (bicyclic) bond motifs is 1. The highest BCUT2D eigenvalue weighted by molar-refractivity contribution is 5.47. The minimum absolute atomic E-state index is 0.278. The van der Waals surface area contributed by atoms with Crippen LogP contribution >= 0.6 is 0 Å². The summed E-state index contributed by atoms with van der Waals surface area (Å²) in [6.45, 7) is 4.15. The van der Waals surface area contributed by atoms with Gasteiger partial charge in [0, 0.05) is 18.0 Å². The third kappa shape index (κ3) is 2.59. The van der Waals surface area contributed by atoms with Crippen molar-refractivity contribution >= 4 is 11.6 Å². The van der Waals surface area contributed by atoms with Crippen LogP contribution in [0.25, 0.3) is 0 Å². The highest BCUT2D eigenvalue weighted by Crippen LogP contribution is 2.24. The zero-order valence-corrected chi connectivity index (χ0v) is 11.9. The van der Waals surface area contributed by atoms with Gasteiger partial charge in [-0.1, -0.05) is 38.1 Å². The minimum atomic E-state index is 0.278. The van der Waals surface area contributed by atoms with Gasteiger partial charge >= 0.3 is 0 Å². The number of hydrogen-bond donors (Lipinski definition) is 2. The molecule has 4 nitrogen and oxygen atoms in total. The van der Waals surface area contributed by atoms with Gasteiger partial charge in [0.25, 0.3) is 0 Å². The topological polar surface area (TPSA) is 63.8 Å². The van der Waals surface area contributed by atoms with E-state index in [0.29, 0.717) is 11.9 Å². The number of nitrogens with one attached hydrogen (secondary N) is 1. The summed E-state index contributed by atoms with van der Waals surface area (Å²) in [4.78, 5) is 8.83. The molecule has 0 aliphatic heterocycles. The van der Waals surface area contributed by atoms with Crippen LogP contribution in [-0.2, 0) is 12.8 Å². The Morgan fingerprint density at radius 1 is 1.15 bits per heavy atom. The molecule has 1 aliphatic rings. The van der Waals surface area contributed by atoms with Gasteiger partial charge in [-0.2, -0.15) is 0 Å². The quantitative estimate of drug-likeness (QED) is 0.898. The lowest BCUT2D eigenvalue weighted by molar-refractivity contribution is 0.747. The summed E-state index contributed by atoms with van der Waals surface area (Å²) in [5, 5.41) is 3.49. The first kappa shape index (κ1) is 12.9. The van der Waals surface area contributed by atoms with Crippen molar-refractivity contribution in [2.75, 3.05) is 11.1 Å². The normalized spacial score (nSPS) is 14.6. The van der Waals surface area contributed by atoms with E-state index in [1.165, 1.54) is 11.1 Å². The highest BCUT2D eigenvalue weighted by Gasteiger charge is 2.21. The molecule has 1 aliphatic carbocycles. The molecule has 3 N–H and O–H groups in total. The Balaban J connectivity index is 1.77. The molecule has 4 heteroatoms. The van der Waals surface area contributed by atoms with Crippen LogP contribution in [0.3, 0.4) is 0 Å². The van der Waals surface area contributed by atoms with Gasteiger partial charge < -0.3 is 11.1 Å². The van der Waals surface area contributed by atoms with E-state index in [0.717, 1.165) is 24.5 Å². The molecule has 20 heavy (non-hydrogen) atoms. The lowest BCUT2D eigenvalue weighted by atomic mass is 10.1. The molecule has 0 spiro atoms. The Kier molecular flexibility index (Phi) is 3.30. The van der Waals surface area contributed by atoms with E-state index in [9.17, 15) is 0 Å². The fourth-order valence-electron chi connectivity index (χ4n) is 2.69. The molecule has 0 saturated heterocycles. The van der Waals surface area contributed by atoms with E-state index in [-0.39, 0.29) is 5.92 Å². The van der Waals surface area contributed by atoms with Crippen molar-refractivity contribution in [2.45, 2.75) is 38.6 Å². The van der Waals surface area contributed by atoms with Crippen molar-refractivity contribution in [3.63, 3.8) is 0 Å². The third-order valence-corrected chi connectivity index (χ3v) is 3.68. The SMILES string of the molecule is CC(C)c1nc(N)cc(NC2Cc3ccccc3C2)n1. The standard InChI is InChI=1S/C16H20N4/c1-10(2)16-19-14(17)9-15(20-16)18-13-7-11-5-3-4-6-12(11)8-13/h3-6,9-10,13H,7-8H2,1-2H3,(H3,17,18,19,20). The molecule has 104 valence electrons. The summed E-state index contributed by atoms with van der Waals surface area (Å²) in [6, 6.07) is 10.8. The van der Waals surface area contributed by atoms with Crippen LogP contribution in [0.2, 0.25) is 0 Å². The smallest absolute Gasteiger partial charge is 0.135 e. The number of nitrogen functional groups attached to an aromatic ring is 1. The fraction of sp³-hybridized carbons (Fsp3) is 0.375. The molecule has 0 fully saturated rings. The Morgan fingerprint density at radius 3 is 2.40 bits per heavy atom. The van der Waals surface area contributed by atoms with E-state index < -0.39 is 0 Å². The predicted molar refractivity (Wildman–Crippen MR) is 81.8 cm³/mol. The van der Waals surface area contributed by atoms with Gasteiger partial charge in [0.2, 0.25) is 0 Å². The molecule has 0 radical (unpaired) electrons. The minimum Gasteiger partial charge on any atom is -0.384 e. The van der Waals surface area contributed by atoms with Gasteiger partial charge in [0.1, 0.15) is 17.5 Å². The summed E-state index contributed by atoms with van der Waals surface area (Å²) < 4.78 is 0. The molecular formula is C16H20N4. The lowest BCUT2D eigenvalue weighted by Crippen LogP contribution is -2.21. The third-order valence-electron chi connectivity index (χ3n) is 3.68. The maximum atomic E-state index is 5.86. The van der Waals surface area contributed by atoms with Crippen LogP contribution in [0.4, 0.5) is 11.6 Å². The second-order valence-corrected chi connectivity index (χ2v) is 5.71. The van der Waals surface area contributed by atoms with Crippen LogP contribution < -0.4 is 11.1 Å². The maximum absolute atomic E-state index is 5.86. The number of nitrogens with zero attached hydrogens (tertiary/aromatic N) is 2. The summed E-state index contributed by atoms with van der Waals surface area (Å²) >= 11 is 0. The molecular weight excluding hydrogens is 248 g/mol. The van der Waals surface area contributed by atoms with Crippen molar-refractivity contribution in [1.82, 2.24) is 9.97 Å². The molecule has 1 aromatic heterocycles. The number of nitrogens with two attached hydrogens (primary N) is 1. The Labute approximate surface area is 119 Å². The summed E-state index contributed by atoms with van der Waals surface area (Å²) in [5.74, 6) is 2.43. The molecule has 0 atom stereocenters. The second-order valence-electron chi connectivity index (χ2n) is 5.71. The van der Waals surface area contributed by atoms with Crippen LogP contribution in [0.1, 0.15) is 36.7 Å². The van der Waals surface area contributed by atoms with Crippen molar-refractivity contribution in [2.24, 2.45) is 0 Å². The van der Waals surface area contributed by atoms with Gasteiger partial charge in [-0.25, -0.2) is 9.97 Å². The summed E-state index contributed by atoms with van der Waals surface area (Å²) in [6.07, 6.45) is 2.08. The van der Waals surface area contributed by atoms with E-state index in [1.807, 2.05) is 6.07 Å². The zero-order chi connectivity index (χ0) is 14.1. The summed E-state index contributed by atoms with van der Waals surface area (Å²) in [5.41, 5.74) is 8.72. The average molecular weight is 268 g/mol. The number of hydrogen-bond acceptors (Lipinski definition) is 4. The fourth-order valence-corrected chi connectivity index (χ4v) is 2.69. The Morgan fingerprint density at radius 2 is 1.80 bits per heavy atom. The van der Waals surface area contributed by atoms with Crippen LogP contribution in [-0.4, -0.2) is 16.0 Å². The maximum Gasteiger partial charge on any atom is 0.135 e. The molecule has 1 aromatic carbocycles. The monoisotopic (exact) mass is 268 g/mol. The largest absolute Gasteiger partial charge is 0.384 e. The first-order valence-corrected chi connectivity index (χ1v) is 7.09. The van der Waals surface area contributed by atoms with E-state index in [1.54, 1.807) is 0 Å². The molecule has 1 heterocycles. The first-order chi connectivity index (χ1) is 9.61. The Hall–Kier alpha value is -2.10. The predicted octanol–water partition coefficient (Wildman–Crippen LogP) is 2.76. The molecule has 0 amide bonds. The first-order valence-electron chi connectivity index (χ1n) is 7.09.